The number of rotatable bonds is 24. The van der Waals surface area contributed by atoms with Crippen molar-refractivity contribution in [2.24, 2.45) is 34.6 Å². The molecule has 3 aromatic carbocycles. The second kappa shape index (κ2) is 37.5. The SMILES string of the molecule is CC(C)C[C@@H]1NC(=O)[C@@H](Cc2ccccc2)NC(=O)[C@H](CCN)NC(=O)[C@@H](NC(=O)[C@H](CN)NC(=O)[C@@H](NC(=O)[C@H](CCN)NC(=O)c2ccc(Cl)c(-c3ccc(C#N)cc3)c2)[C@@H](C)O)CCNC(=O)[C@H]([C@@H](C)O)NC(=O)[C@H](CCN)NC(=O)[C@H](CCN)NC1=O. The molecule has 11 amide bonds. The van der Waals surface area contributed by atoms with Gasteiger partial charge in [-0.2, -0.15) is 5.26 Å². The molecule has 3 aromatic rings. The zero-order chi connectivity index (χ0) is 67.5. The molecule has 0 saturated carbocycles. The summed E-state index contributed by atoms with van der Waals surface area (Å²) in [6.45, 7) is 4.07. The van der Waals surface area contributed by atoms with E-state index < -0.39 is 157 Å². The van der Waals surface area contributed by atoms with Crippen molar-refractivity contribution < 1.29 is 63.0 Å². The Bertz CT molecular complexity index is 3040. The Morgan fingerprint density at radius 3 is 1.68 bits per heavy atom. The summed E-state index contributed by atoms with van der Waals surface area (Å²) in [6, 6.07) is 5.81. The summed E-state index contributed by atoms with van der Waals surface area (Å²) in [4.78, 5) is 155. The monoisotopic (exact) mass is 1290 g/mol. The number of aliphatic hydroxyl groups excluding tert-OH is 2. The molecule has 30 nitrogen and oxygen atoms in total. The fourth-order valence-corrected chi connectivity index (χ4v) is 9.75. The Balaban J connectivity index is 1.68. The summed E-state index contributed by atoms with van der Waals surface area (Å²) in [5.41, 5.74) is 31.6. The lowest BCUT2D eigenvalue weighted by Gasteiger charge is -2.28. The second-order valence-electron chi connectivity index (χ2n) is 22.2. The van der Waals surface area contributed by atoms with Gasteiger partial charge in [-0.3, -0.25) is 52.7 Å². The molecule has 1 aliphatic rings. The van der Waals surface area contributed by atoms with E-state index in [-0.39, 0.29) is 81.2 Å². The molecule has 0 aliphatic carbocycles. The van der Waals surface area contributed by atoms with Crippen LogP contribution in [0.1, 0.15) is 87.7 Å². The maximum atomic E-state index is 14.5. The Morgan fingerprint density at radius 1 is 0.615 bits per heavy atom. The van der Waals surface area contributed by atoms with E-state index in [0.29, 0.717) is 22.3 Å². The quantitative estimate of drug-likeness (QED) is 0.0400. The Labute approximate surface area is 532 Å². The van der Waals surface area contributed by atoms with Crippen molar-refractivity contribution >= 4 is 76.6 Å². The molecule has 496 valence electrons. The van der Waals surface area contributed by atoms with Gasteiger partial charge >= 0.3 is 0 Å². The van der Waals surface area contributed by atoms with Crippen molar-refractivity contribution in [3.63, 3.8) is 0 Å². The van der Waals surface area contributed by atoms with Crippen molar-refractivity contribution in [1.82, 2.24) is 58.5 Å². The first kappa shape index (κ1) is 74.8. The van der Waals surface area contributed by atoms with Crippen LogP contribution in [0.4, 0.5) is 0 Å². The molecule has 31 heteroatoms. The van der Waals surface area contributed by atoms with Crippen molar-refractivity contribution in [3.8, 4) is 17.2 Å². The van der Waals surface area contributed by atoms with Gasteiger partial charge in [0.15, 0.2) is 0 Å². The summed E-state index contributed by atoms with van der Waals surface area (Å²) in [5.74, 6) is -10.8. The fourth-order valence-electron chi connectivity index (χ4n) is 9.52. The van der Waals surface area contributed by atoms with Crippen LogP contribution < -0.4 is 87.2 Å². The number of aliphatic hydroxyl groups is 2. The highest BCUT2D eigenvalue weighted by molar-refractivity contribution is 6.33. The van der Waals surface area contributed by atoms with E-state index in [2.05, 4.69) is 58.5 Å². The summed E-state index contributed by atoms with van der Waals surface area (Å²) >= 11 is 6.47. The topological polar surface area (TPSA) is 514 Å². The first-order chi connectivity index (χ1) is 43.3. The minimum absolute atomic E-state index is 0.0293. The van der Waals surface area contributed by atoms with Gasteiger partial charge < -0.3 is 97.4 Å². The average molecular weight is 1290 g/mol. The molecule has 12 atom stereocenters. The van der Waals surface area contributed by atoms with Crippen LogP contribution >= 0.6 is 11.6 Å². The number of hydrogen-bond acceptors (Lipinski definition) is 19. The number of halogens is 1. The zero-order valence-corrected chi connectivity index (χ0v) is 52.0. The van der Waals surface area contributed by atoms with E-state index in [0.717, 1.165) is 6.92 Å². The molecule has 1 saturated heterocycles. The smallest absolute Gasteiger partial charge is 0.251 e. The van der Waals surface area contributed by atoms with E-state index >= 15 is 0 Å². The number of nitrogens with zero attached hydrogens (tertiary/aromatic N) is 1. The highest BCUT2D eigenvalue weighted by atomic mass is 35.5. The van der Waals surface area contributed by atoms with Gasteiger partial charge in [-0.15, -0.1) is 0 Å². The van der Waals surface area contributed by atoms with Crippen LogP contribution in [-0.2, 0) is 54.4 Å². The van der Waals surface area contributed by atoms with Gasteiger partial charge in [0, 0.05) is 35.7 Å². The molecule has 1 aliphatic heterocycles. The number of benzene rings is 3. The molecule has 23 N–H and O–H groups in total. The molecule has 0 radical (unpaired) electrons. The van der Waals surface area contributed by atoms with Crippen molar-refractivity contribution in [2.45, 2.75) is 145 Å². The molecule has 4 rings (SSSR count). The molecule has 0 aromatic heterocycles. The Kier molecular flexibility index (Phi) is 30.8. The predicted molar refractivity (Wildman–Crippen MR) is 335 cm³/mol. The highest BCUT2D eigenvalue weighted by Crippen LogP contribution is 2.29. The molecule has 1 fully saturated rings. The molecule has 0 bridgehead atoms. The maximum absolute atomic E-state index is 14.5. The number of nitrogens with one attached hydrogen (secondary N) is 11. The first-order valence-corrected chi connectivity index (χ1v) is 30.2. The number of nitrogens with two attached hydrogens (primary N) is 5. The van der Waals surface area contributed by atoms with E-state index in [1.807, 2.05) is 6.07 Å². The normalized spacial score (nSPS) is 21.6. The largest absolute Gasteiger partial charge is 0.391 e. The lowest BCUT2D eigenvalue weighted by molar-refractivity contribution is -0.136. The van der Waals surface area contributed by atoms with Crippen LogP contribution in [0.3, 0.4) is 0 Å². The van der Waals surface area contributed by atoms with E-state index in [1.54, 1.807) is 68.4 Å². The number of hydrogen-bond donors (Lipinski definition) is 18. The third-order valence-corrected chi connectivity index (χ3v) is 14.8. The van der Waals surface area contributed by atoms with Crippen LogP contribution in [0, 0.1) is 17.2 Å². The standard InChI is InChI=1S/C60H86ClN17O13/c1-31(2)26-45-56(87)72-40(16-21-62)51(82)71-43(19-24-65)55(86)77-48(32(3)79)59(90)68-25-20-44(53(84)70-41(17-22-63)52(83)75-46(57(88)74-45)27-34-8-6-5-7-9-34)73-58(89)47(30-67)76-60(91)49(33(4)80)78-54(85)42(18-23-64)69-50(81)37-14-15-39(61)38(28-37)36-12-10-35(29-66)11-13-36/h5-15,28,31-33,40-49,79-80H,16-27,30,62-65,67H2,1-4H3,(H,68,90)(H,69,81)(H,70,84)(H,71,82)(H,72,87)(H,73,89)(H,74,88)(H,75,83)(H,76,91)(H,77,86)(H,78,85)/t32-,33-,40+,41+,42+,43+,44+,45+,46-,47+,48+,49+/m1/s1. The molecule has 0 unspecified atom stereocenters. The van der Waals surface area contributed by atoms with Gasteiger partial charge in [0.25, 0.3) is 5.91 Å². The van der Waals surface area contributed by atoms with Crippen molar-refractivity contribution in [3.05, 3.63) is 94.5 Å². The average Bonchev–Trinajstić information content (AvgIpc) is 1.51. The van der Waals surface area contributed by atoms with Crippen LogP contribution in [0.25, 0.3) is 11.1 Å². The van der Waals surface area contributed by atoms with E-state index in [4.69, 9.17) is 40.3 Å². The molecule has 91 heavy (non-hydrogen) atoms. The lowest BCUT2D eigenvalue weighted by atomic mass is 10.00. The molecular formula is C60H86ClN17O13. The van der Waals surface area contributed by atoms with Gasteiger partial charge in [-0.05, 0) is 126 Å². The summed E-state index contributed by atoms with van der Waals surface area (Å²) in [6.07, 6.45) is -4.62. The number of carbonyl (C=O) groups excluding carboxylic acids is 11. The van der Waals surface area contributed by atoms with Crippen LogP contribution in [0.2, 0.25) is 5.02 Å². The lowest BCUT2D eigenvalue weighted by Crippen LogP contribution is -2.63. The molecule has 0 spiro atoms. The Morgan fingerprint density at radius 2 is 1.15 bits per heavy atom. The van der Waals surface area contributed by atoms with Crippen LogP contribution in [0.5, 0.6) is 0 Å². The minimum atomic E-state index is -1.81. The van der Waals surface area contributed by atoms with Crippen molar-refractivity contribution in [1.29, 1.82) is 5.26 Å². The summed E-state index contributed by atoms with van der Waals surface area (Å²) < 4.78 is 0. The second-order valence-corrected chi connectivity index (χ2v) is 22.6. The number of carbonyl (C=O) groups is 11. The summed E-state index contributed by atoms with van der Waals surface area (Å²) in [5, 5.41) is 58.8. The van der Waals surface area contributed by atoms with Crippen molar-refractivity contribution in [2.75, 3.05) is 39.3 Å². The maximum Gasteiger partial charge on any atom is 0.251 e. The number of nitriles is 1. The summed E-state index contributed by atoms with van der Waals surface area (Å²) in [7, 11) is 0. The Hall–Kier alpha value is -8.67. The first-order valence-electron chi connectivity index (χ1n) is 29.8. The van der Waals surface area contributed by atoms with Gasteiger partial charge in [0.1, 0.15) is 60.4 Å². The minimum Gasteiger partial charge on any atom is -0.391 e. The number of amides is 11. The molecule has 1 heterocycles. The third-order valence-electron chi connectivity index (χ3n) is 14.5. The van der Waals surface area contributed by atoms with Gasteiger partial charge in [0.2, 0.25) is 59.1 Å². The highest BCUT2D eigenvalue weighted by Gasteiger charge is 2.38. The fraction of sp³-hybridized carbons (Fsp3) is 0.500. The van der Waals surface area contributed by atoms with Crippen LogP contribution in [0.15, 0.2) is 72.8 Å². The van der Waals surface area contributed by atoms with Gasteiger partial charge in [0.05, 0.1) is 23.8 Å². The van der Waals surface area contributed by atoms with Gasteiger partial charge in [-0.25, -0.2) is 0 Å². The zero-order valence-electron chi connectivity index (χ0n) is 51.2. The van der Waals surface area contributed by atoms with E-state index in [1.165, 1.54) is 25.1 Å². The molecular weight excluding hydrogens is 1200 g/mol. The van der Waals surface area contributed by atoms with Gasteiger partial charge in [-0.1, -0.05) is 67.9 Å². The predicted octanol–water partition coefficient (Wildman–Crippen LogP) is -4.74. The third kappa shape index (κ3) is 23.3. The van der Waals surface area contributed by atoms with Crippen LogP contribution in [-0.4, -0.2) is 187 Å². The van der Waals surface area contributed by atoms with E-state index in [9.17, 15) is 68.2 Å².